The Bertz CT molecular complexity index is 535. The third-order valence-corrected chi connectivity index (χ3v) is 2.91. The van der Waals surface area contributed by atoms with Gasteiger partial charge in [0.05, 0.1) is 0 Å². The first kappa shape index (κ1) is 14.4. The van der Waals surface area contributed by atoms with Gasteiger partial charge in [-0.3, -0.25) is 0 Å². The predicted molar refractivity (Wildman–Crippen MR) is 71.6 cm³/mol. The zero-order valence-electron chi connectivity index (χ0n) is 10.9. The molecule has 1 nitrogen and oxygen atoms in total. The lowest BCUT2D eigenvalue weighted by Crippen LogP contribution is -2.17. The number of aryl methyl sites for hydroxylation is 2. The van der Waals surface area contributed by atoms with Crippen LogP contribution in [0.15, 0.2) is 54.6 Å². The molecule has 0 atom stereocenters. The van der Waals surface area contributed by atoms with Crippen molar-refractivity contribution in [2.45, 2.75) is 25.6 Å². The average Bonchev–Trinajstić information content (AvgIpc) is 2.38. The highest BCUT2D eigenvalue weighted by Crippen LogP contribution is 2.23. The van der Waals surface area contributed by atoms with Crippen molar-refractivity contribution >= 4 is 0 Å². The monoisotopic (exact) mass is 280 g/mol. The molecule has 0 N–H and O–H groups in total. The number of benzene rings is 2. The molecule has 0 aliphatic carbocycles. The van der Waals surface area contributed by atoms with Crippen LogP contribution in [-0.2, 0) is 12.8 Å². The van der Waals surface area contributed by atoms with Crippen LogP contribution in [-0.4, -0.2) is 6.36 Å². The van der Waals surface area contributed by atoms with Gasteiger partial charge in [0, 0.05) is 0 Å². The summed E-state index contributed by atoms with van der Waals surface area (Å²) in [5.41, 5.74) is 2.08. The Labute approximate surface area is 116 Å². The molecular formula is C16H15F3O. The molecule has 0 unspecified atom stereocenters. The summed E-state index contributed by atoms with van der Waals surface area (Å²) in [7, 11) is 0. The summed E-state index contributed by atoms with van der Waals surface area (Å²) in [6, 6.07) is 16.2. The van der Waals surface area contributed by atoms with Gasteiger partial charge in [-0.15, -0.1) is 13.2 Å². The van der Waals surface area contributed by atoms with Gasteiger partial charge >= 0.3 is 6.36 Å². The molecule has 2 rings (SSSR count). The Hall–Kier alpha value is -1.97. The summed E-state index contributed by atoms with van der Waals surface area (Å²) < 4.78 is 40.3. The maximum atomic E-state index is 12.1. The van der Waals surface area contributed by atoms with E-state index >= 15 is 0 Å². The number of hydrogen-bond donors (Lipinski definition) is 0. The van der Waals surface area contributed by atoms with E-state index in [1.165, 1.54) is 17.7 Å². The second kappa shape index (κ2) is 6.46. The molecule has 0 bridgehead atoms. The molecule has 0 radical (unpaired) electrons. The Balaban J connectivity index is 1.88. The summed E-state index contributed by atoms with van der Waals surface area (Å²) in [5, 5.41) is 0. The molecule has 20 heavy (non-hydrogen) atoms. The van der Waals surface area contributed by atoms with E-state index in [9.17, 15) is 13.2 Å². The van der Waals surface area contributed by atoms with E-state index < -0.39 is 6.36 Å². The van der Waals surface area contributed by atoms with Gasteiger partial charge in [0.2, 0.25) is 0 Å². The summed E-state index contributed by atoms with van der Waals surface area (Å²) in [6.45, 7) is 0. The highest BCUT2D eigenvalue weighted by atomic mass is 19.4. The van der Waals surface area contributed by atoms with E-state index in [2.05, 4.69) is 4.74 Å². The highest BCUT2D eigenvalue weighted by Gasteiger charge is 2.31. The Morgan fingerprint density at radius 3 is 2.15 bits per heavy atom. The highest BCUT2D eigenvalue weighted by molar-refractivity contribution is 5.29. The Morgan fingerprint density at radius 1 is 0.800 bits per heavy atom. The fourth-order valence-corrected chi connectivity index (χ4v) is 2.04. The fraction of sp³-hybridized carbons (Fsp3) is 0.250. The van der Waals surface area contributed by atoms with Crippen LogP contribution in [0.25, 0.3) is 0 Å². The molecular weight excluding hydrogens is 265 g/mol. The van der Waals surface area contributed by atoms with Gasteiger partial charge < -0.3 is 4.74 Å². The van der Waals surface area contributed by atoms with Crippen molar-refractivity contribution in [3.05, 3.63) is 65.7 Å². The maximum Gasteiger partial charge on any atom is 0.573 e. The average molecular weight is 280 g/mol. The molecule has 0 aromatic heterocycles. The van der Waals surface area contributed by atoms with Crippen LogP contribution in [0.3, 0.4) is 0 Å². The molecule has 0 amide bonds. The van der Waals surface area contributed by atoms with Crippen molar-refractivity contribution in [2.75, 3.05) is 0 Å². The van der Waals surface area contributed by atoms with Gasteiger partial charge in [0.15, 0.2) is 0 Å². The molecule has 0 saturated carbocycles. The van der Waals surface area contributed by atoms with E-state index in [0.717, 1.165) is 24.8 Å². The number of alkyl halides is 3. The van der Waals surface area contributed by atoms with Crippen molar-refractivity contribution in [1.82, 2.24) is 0 Å². The van der Waals surface area contributed by atoms with Gasteiger partial charge in [0.1, 0.15) is 5.75 Å². The number of ether oxygens (including phenoxy) is 1. The first-order valence-electron chi connectivity index (χ1n) is 6.41. The molecule has 0 aliphatic rings. The van der Waals surface area contributed by atoms with Crippen molar-refractivity contribution in [3.63, 3.8) is 0 Å². The molecule has 4 heteroatoms. The number of halogens is 3. The maximum absolute atomic E-state index is 12.1. The van der Waals surface area contributed by atoms with Crippen LogP contribution in [0.2, 0.25) is 0 Å². The number of rotatable bonds is 5. The Kier molecular flexibility index (Phi) is 4.66. The molecule has 0 heterocycles. The van der Waals surface area contributed by atoms with Gasteiger partial charge in [0.25, 0.3) is 0 Å². The van der Waals surface area contributed by atoms with E-state index in [4.69, 9.17) is 0 Å². The molecule has 2 aromatic rings. The zero-order chi connectivity index (χ0) is 14.4. The lowest BCUT2D eigenvalue weighted by atomic mass is 10.0. The summed E-state index contributed by atoms with van der Waals surface area (Å²) in [5.74, 6) is -0.158. The summed E-state index contributed by atoms with van der Waals surface area (Å²) in [4.78, 5) is 0. The second-order valence-corrected chi connectivity index (χ2v) is 4.53. The van der Waals surface area contributed by atoms with Crippen molar-refractivity contribution in [2.24, 2.45) is 0 Å². The van der Waals surface area contributed by atoms with Crippen LogP contribution >= 0.6 is 0 Å². The van der Waals surface area contributed by atoms with Crippen LogP contribution in [0.4, 0.5) is 13.2 Å². The first-order chi connectivity index (χ1) is 9.53. The SMILES string of the molecule is FC(F)(F)Oc1cccc(CCCc2ccccc2)c1. The lowest BCUT2D eigenvalue weighted by molar-refractivity contribution is -0.274. The molecule has 0 fully saturated rings. The van der Waals surface area contributed by atoms with E-state index in [0.29, 0.717) is 0 Å². The van der Waals surface area contributed by atoms with Crippen LogP contribution in [0, 0.1) is 0 Å². The molecule has 106 valence electrons. The Morgan fingerprint density at radius 2 is 1.45 bits per heavy atom. The second-order valence-electron chi connectivity index (χ2n) is 4.53. The van der Waals surface area contributed by atoms with Crippen molar-refractivity contribution in [3.8, 4) is 5.75 Å². The van der Waals surface area contributed by atoms with E-state index in [1.54, 1.807) is 6.07 Å². The molecule has 2 aromatic carbocycles. The van der Waals surface area contributed by atoms with Crippen LogP contribution in [0.1, 0.15) is 17.5 Å². The van der Waals surface area contributed by atoms with Crippen LogP contribution < -0.4 is 4.74 Å². The quantitative estimate of drug-likeness (QED) is 0.767. The van der Waals surface area contributed by atoms with Crippen molar-refractivity contribution < 1.29 is 17.9 Å². The van der Waals surface area contributed by atoms with Crippen LogP contribution in [0.5, 0.6) is 5.75 Å². The third kappa shape index (κ3) is 4.96. The third-order valence-electron chi connectivity index (χ3n) is 2.91. The molecule has 0 saturated heterocycles. The van der Waals surface area contributed by atoms with E-state index in [1.807, 2.05) is 36.4 Å². The minimum atomic E-state index is -4.64. The largest absolute Gasteiger partial charge is 0.573 e. The summed E-state index contributed by atoms with van der Waals surface area (Å²) >= 11 is 0. The van der Waals surface area contributed by atoms with Gasteiger partial charge in [-0.1, -0.05) is 42.5 Å². The smallest absolute Gasteiger partial charge is 0.406 e. The van der Waals surface area contributed by atoms with Gasteiger partial charge in [-0.2, -0.15) is 0 Å². The predicted octanol–water partition coefficient (Wildman–Crippen LogP) is 4.76. The standard InChI is InChI=1S/C16H15F3O/c17-16(18,19)20-15-11-5-10-14(12-15)9-4-8-13-6-2-1-3-7-13/h1-3,5-7,10-12H,4,8-9H2. The molecule has 0 spiro atoms. The normalized spacial score (nSPS) is 11.3. The summed E-state index contributed by atoms with van der Waals surface area (Å²) in [6.07, 6.45) is -2.11. The number of hydrogen-bond acceptors (Lipinski definition) is 1. The molecule has 0 aliphatic heterocycles. The topological polar surface area (TPSA) is 9.23 Å². The fourth-order valence-electron chi connectivity index (χ4n) is 2.04. The van der Waals surface area contributed by atoms with Gasteiger partial charge in [-0.25, -0.2) is 0 Å². The lowest BCUT2D eigenvalue weighted by Gasteiger charge is -2.10. The van der Waals surface area contributed by atoms with E-state index in [-0.39, 0.29) is 5.75 Å². The van der Waals surface area contributed by atoms with Gasteiger partial charge in [-0.05, 0) is 42.5 Å². The zero-order valence-corrected chi connectivity index (χ0v) is 10.9. The minimum absolute atomic E-state index is 0.158. The van der Waals surface area contributed by atoms with Crippen molar-refractivity contribution in [1.29, 1.82) is 0 Å². The minimum Gasteiger partial charge on any atom is -0.406 e. The first-order valence-corrected chi connectivity index (χ1v) is 6.41.